The summed E-state index contributed by atoms with van der Waals surface area (Å²) < 4.78 is 12.2. The standard InChI is InChI=1S/C27H32N2O5/c30-16-24-26-22(14-20(33-24)15-25(31)28-12-11-17-5-2-1-3-6-17)21-13-19(9-10-23(21)34-26)29-27(32)18-7-4-8-18/h1-3,5-6,9-10,13,18,20,22,24,26,30H,4,7-8,11-12,14-16H2,(H,28,31)(H,29,32)/t20-,22-,24+,26+/m0/s1. The zero-order valence-electron chi connectivity index (χ0n) is 19.2. The molecular weight excluding hydrogens is 432 g/mol. The number of carbonyl (C=O) groups is 2. The normalized spacial score (nSPS) is 25.4. The molecular formula is C27H32N2O5. The Morgan fingerprint density at radius 2 is 1.91 bits per heavy atom. The minimum Gasteiger partial charge on any atom is -0.487 e. The summed E-state index contributed by atoms with van der Waals surface area (Å²) in [6.07, 6.45) is 3.56. The van der Waals surface area contributed by atoms with E-state index in [0.717, 1.165) is 42.7 Å². The van der Waals surface area contributed by atoms with Crippen LogP contribution < -0.4 is 15.4 Å². The average molecular weight is 465 g/mol. The first kappa shape index (κ1) is 22.9. The molecule has 1 saturated heterocycles. The molecule has 7 nitrogen and oxygen atoms in total. The lowest BCUT2D eigenvalue weighted by Crippen LogP contribution is -2.47. The molecule has 0 aromatic heterocycles. The number of carbonyl (C=O) groups excluding carboxylic acids is 2. The van der Waals surface area contributed by atoms with Crippen LogP contribution >= 0.6 is 0 Å². The van der Waals surface area contributed by atoms with Crippen molar-refractivity contribution in [3.8, 4) is 5.75 Å². The molecule has 2 fully saturated rings. The predicted octanol–water partition coefficient (Wildman–Crippen LogP) is 3.17. The van der Waals surface area contributed by atoms with Crippen molar-refractivity contribution < 1.29 is 24.2 Å². The first-order chi connectivity index (χ1) is 16.6. The van der Waals surface area contributed by atoms with Crippen molar-refractivity contribution in [2.24, 2.45) is 5.92 Å². The van der Waals surface area contributed by atoms with E-state index in [9.17, 15) is 14.7 Å². The van der Waals surface area contributed by atoms with Gasteiger partial charge in [0.25, 0.3) is 0 Å². The van der Waals surface area contributed by atoms with Crippen molar-refractivity contribution in [2.45, 2.75) is 62.8 Å². The lowest BCUT2D eigenvalue weighted by atomic mass is 9.83. The van der Waals surface area contributed by atoms with E-state index in [-0.39, 0.29) is 48.9 Å². The third-order valence-corrected chi connectivity index (χ3v) is 7.23. The quantitative estimate of drug-likeness (QED) is 0.558. The van der Waals surface area contributed by atoms with Crippen molar-refractivity contribution >= 4 is 17.5 Å². The molecule has 2 aliphatic heterocycles. The van der Waals surface area contributed by atoms with Crippen LogP contribution in [0.2, 0.25) is 0 Å². The highest BCUT2D eigenvalue weighted by atomic mass is 16.6. The van der Waals surface area contributed by atoms with Gasteiger partial charge in [0, 0.05) is 29.6 Å². The first-order valence-corrected chi connectivity index (χ1v) is 12.3. The summed E-state index contributed by atoms with van der Waals surface area (Å²) in [5.74, 6) is 0.891. The van der Waals surface area contributed by atoms with Gasteiger partial charge < -0.3 is 25.2 Å². The Morgan fingerprint density at radius 1 is 1.09 bits per heavy atom. The van der Waals surface area contributed by atoms with E-state index >= 15 is 0 Å². The minimum absolute atomic E-state index is 0.00331. The summed E-state index contributed by atoms with van der Waals surface area (Å²) in [4.78, 5) is 25.0. The van der Waals surface area contributed by atoms with Gasteiger partial charge in [-0.25, -0.2) is 0 Å². The van der Waals surface area contributed by atoms with Crippen molar-refractivity contribution in [3.63, 3.8) is 0 Å². The van der Waals surface area contributed by atoms with E-state index in [1.807, 2.05) is 48.5 Å². The molecule has 180 valence electrons. The van der Waals surface area contributed by atoms with E-state index in [4.69, 9.17) is 9.47 Å². The van der Waals surface area contributed by atoms with E-state index in [1.54, 1.807) is 0 Å². The third-order valence-electron chi connectivity index (χ3n) is 7.23. The van der Waals surface area contributed by atoms with Gasteiger partial charge in [0.15, 0.2) is 0 Å². The van der Waals surface area contributed by atoms with Crippen molar-refractivity contribution in [1.82, 2.24) is 5.32 Å². The number of anilines is 1. The monoisotopic (exact) mass is 464 g/mol. The lowest BCUT2D eigenvalue weighted by molar-refractivity contribution is -0.142. The van der Waals surface area contributed by atoms with Gasteiger partial charge in [-0.1, -0.05) is 36.8 Å². The molecule has 0 spiro atoms. The van der Waals surface area contributed by atoms with Crippen LogP contribution in [0.4, 0.5) is 5.69 Å². The highest BCUT2D eigenvalue weighted by Crippen LogP contribution is 2.47. The van der Waals surface area contributed by atoms with Crippen LogP contribution in [0.1, 0.15) is 49.1 Å². The van der Waals surface area contributed by atoms with E-state index in [0.29, 0.717) is 13.0 Å². The van der Waals surface area contributed by atoms with Crippen LogP contribution in [0, 0.1) is 5.92 Å². The lowest BCUT2D eigenvalue weighted by Gasteiger charge is -2.37. The van der Waals surface area contributed by atoms with Gasteiger partial charge in [-0.15, -0.1) is 0 Å². The Balaban J connectivity index is 1.21. The molecule has 1 aliphatic carbocycles. The smallest absolute Gasteiger partial charge is 0.227 e. The Morgan fingerprint density at radius 3 is 2.65 bits per heavy atom. The van der Waals surface area contributed by atoms with Gasteiger partial charge >= 0.3 is 0 Å². The maximum Gasteiger partial charge on any atom is 0.227 e. The number of benzene rings is 2. The second-order valence-electron chi connectivity index (χ2n) is 9.56. The second-order valence-corrected chi connectivity index (χ2v) is 9.56. The van der Waals surface area contributed by atoms with Gasteiger partial charge in [-0.3, -0.25) is 9.59 Å². The van der Waals surface area contributed by atoms with Crippen molar-refractivity contribution in [1.29, 1.82) is 0 Å². The zero-order valence-corrected chi connectivity index (χ0v) is 19.2. The van der Waals surface area contributed by atoms with Crippen LogP contribution in [-0.4, -0.2) is 48.4 Å². The van der Waals surface area contributed by atoms with Crippen molar-refractivity contribution in [2.75, 3.05) is 18.5 Å². The van der Waals surface area contributed by atoms with E-state index < -0.39 is 6.10 Å². The largest absolute Gasteiger partial charge is 0.487 e. The zero-order chi connectivity index (χ0) is 23.5. The molecule has 34 heavy (non-hydrogen) atoms. The van der Waals surface area contributed by atoms with Crippen molar-refractivity contribution in [3.05, 3.63) is 59.7 Å². The number of aliphatic hydroxyl groups is 1. The summed E-state index contributed by atoms with van der Waals surface area (Å²) in [7, 11) is 0. The summed E-state index contributed by atoms with van der Waals surface area (Å²) in [6.45, 7) is 0.396. The highest BCUT2D eigenvalue weighted by Gasteiger charge is 2.46. The maximum absolute atomic E-state index is 12.6. The first-order valence-electron chi connectivity index (χ1n) is 12.3. The molecule has 4 atom stereocenters. The molecule has 2 heterocycles. The molecule has 7 heteroatoms. The maximum atomic E-state index is 12.6. The molecule has 2 aromatic carbocycles. The summed E-state index contributed by atoms with van der Waals surface area (Å²) in [5.41, 5.74) is 2.95. The predicted molar refractivity (Wildman–Crippen MR) is 128 cm³/mol. The number of hydrogen-bond acceptors (Lipinski definition) is 5. The molecule has 0 radical (unpaired) electrons. The van der Waals surface area contributed by atoms with E-state index in [1.165, 1.54) is 5.56 Å². The molecule has 5 rings (SSSR count). The van der Waals surface area contributed by atoms with Gasteiger partial charge in [-0.05, 0) is 49.4 Å². The summed E-state index contributed by atoms with van der Waals surface area (Å²) in [6, 6.07) is 15.8. The molecule has 2 aromatic rings. The fourth-order valence-electron chi connectivity index (χ4n) is 5.15. The Bertz CT molecular complexity index is 1020. The van der Waals surface area contributed by atoms with Crippen LogP contribution in [0.15, 0.2) is 48.5 Å². The molecule has 1 saturated carbocycles. The molecule has 3 N–H and O–H groups in total. The van der Waals surface area contributed by atoms with Gasteiger partial charge in [0.1, 0.15) is 18.0 Å². The highest BCUT2D eigenvalue weighted by molar-refractivity contribution is 5.93. The molecule has 0 unspecified atom stereocenters. The van der Waals surface area contributed by atoms with Gasteiger partial charge in [0.05, 0.1) is 19.1 Å². The molecule has 0 bridgehead atoms. The second kappa shape index (κ2) is 10.2. The minimum atomic E-state index is -0.499. The van der Waals surface area contributed by atoms with Gasteiger partial charge in [0.2, 0.25) is 11.8 Å². The van der Waals surface area contributed by atoms with Crippen LogP contribution in [0.25, 0.3) is 0 Å². The Kier molecular flexibility index (Phi) is 6.83. The van der Waals surface area contributed by atoms with Crippen LogP contribution in [0.3, 0.4) is 0 Å². The van der Waals surface area contributed by atoms with E-state index in [2.05, 4.69) is 10.6 Å². The SMILES string of the molecule is O=C(C[C@@H]1C[C@H]2c3cc(NC(=O)C4CCC4)ccc3O[C@H]2[C@@H](CO)O1)NCCc1ccccc1. The summed E-state index contributed by atoms with van der Waals surface area (Å²) in [5, 5.41) is 16.0. The van der Waals surface area contributed by atoms with Crippen LogP contribution in [0.5, 0.6) is 5.75 Å². The molecule has 3 aliphatic rings. The number of aliphatic hydroxyl groups excluding tert-OH is 1. The number of fused-ring (bicyclic) bond motifs is 3. The molecule has 2 amide bonds. The number of hydrogen-bond donors (Lipinski definition) is 3. The topological polar surface area (TPSA) is 96.9 Å². The number of ether oxygens (including phenoxy) is 2. The average Bonchev–Trinajstić information content (AvgIpc) is 3.16. The summed E-state index contributed by atoms with van der Waals surface area (Å²) >= 11 is 0. The Hall–Kier alpha value is -2.90. The van der Waals surface area contributed by atoms with Crippen LogP contribution in [-0.2, 0) is 20.7 Å². The number of nitrogens with one attached hydrogen (secondary N) is 2. The number of amides is 2. The Labute approximate surface area is 199 Å². The van der Waals surface area contributed by atoms with Gasteiger partial charge in [-0.2, -0.15) is 0 Å². The fraction of sp³-hybridized carbons (Fsp3) is 0.481. The third kappa shape index (κ3) is 4.95. The fourth-order valence-corrected chi connectivity index (χ4v) is 5.15. The number of rotatable bonds is 8.